The van der Waals surface area contributed by atoms with Gasteiger partial charge in [-0.2, -0.15) is 8.62 Å². The zero-order chi connectivity index (χ0) is 25.7. The van der Waals surface area contributed by atoms with Crippen LogP contribution >= 0.6 is 23.5 Å². The highest BCUT2D eigenvalue weighted by Gasteiger charge is 2.40. The minimum absolute atomic E-state index is 0.141. The normalized spacial score (nSPS) is 16.6. The number of phosphoric acid groups is 3. The standard InChI is InChI=1S/C10H22O7.C2H9O10P3/c11-1-9(2-12,3-13)7-17-8-10(4-14,5-15)6-16;1-2-10-14(6,7)12-15(8,9)11-13(3,4)5/h11-16H,1-8H2;2H2,1H3,(H,6,7)(H,8,9)(H2,3,4,5). The molecule has 0 aliphatic rings. The van der Waals surface area contributed by atoms with Crippen molar-refractivity contribution in [3.05, 3.63) is 0 Å². The molecule has 0 rings (SSSR count). The van der Waals surface area contributed by atoms with Gasteiger partial charge in [-0.1, -0.05) is 0 Å². The molecule has 0 heterocycles. The van der Waals surface area contributed by atoms with Crippen molar-refractivity contribution in [1.29, 1.82) is 0 Å². The summed E-state index contributed by atoms with van der Waals surface area (Å²) >= 11 is 0. The van der Waals surface area contributed by atoms with E-state index in [1.807, 2.05) is 0 Å². The molecule has 10 N–H and O–H groups in total. The largest absolute Gasteiger partial charge is 0.490 e. The Morgan fingerprint density at radius 1 is 0.625 bits per heavy atom. The third kappa shape index (κ3) is 14.4. The second-order valence-electron chi connectivity index (χ2n) is 6.45. The Morgan fingerprint density at radius 3 is 1.22 bits per heavy atom. The summed E-state index contributed by atoms with van der Waals surface area (Å²) in [5, 5.41) is 54.2. The van der Waals surface area contributed by atoms with Gasteiger partial charge in [-0.3, -0.25) is 4.52 Å². The van der Waals surface area contributed by atoms with Crippen LogP contribution in [0.4, 0.5) is 0 Å². The van der Waals surface area contributed by atoms with Gasteiger partial charge in [-0.05, 0) is 6.92 Å². The van der Waals surface area contributed by atoms with E-state index in [9.17, 15) is 13.7 Å². The van der Waals surface area contributed by atoms with Crippen LogP contribution < -0.4 is 0 Å². The van der Waals surface area contributed by atoms with E-state index >= 15 is 0 Å². The summed E-state index contributed by atoms with van der Waals surface area (Å²) in [4.78, 5) is 33.6. The highest BCUT2D eigenvalue weighted by atomic mass is 31.3. The van der Waals surface area contributed by atoms with Crippen LogP contribution in [0.25, 0.3) is 0 Å². The Kier molecular flexibility index (Phi) is 16.3. The summed E-state index contributed by atoms with van der Waals surface area (Å²) in [6.07, 6.45) is 0. The van der Waals surface area contributed by atoms with Gasteiger partial charge in [0.15, 0.2) is 0 Å². The number of aliphatic hydroxyl groups excluding tert-OH is 6. The molecular weight excluding hydrogens is 509 g/mol. The molecule has 0 saturated heterocycles. The third-order valence-corrected chi connectivity index (χ3v) is 7.45. The van der Waals surface area contributed by atoms with Crippen LogP contribution in [0.3, 0.4) is 0 Å². The fourth-order valence-corrected chi connectivity index (χ4v) is 4.55. The predicted octanol–water partition coefficient (Wildman–Crippen LogP) is -2.72. The first-order valence-corrected chi connectivity index (χ1v) is 13.1. The lowest BCUT2D eigenvalue weighted by Crippen LogP contribution is -2.43. The quantitative estimate of drug-likeness (QED) is 0.0889. The minimum Gasteiger partial charge on any atom is -0.396 e. The van der Waals surface area contributed by atoms with Gasteiger partial charge in [0.1, 0.15) is 0 Å². The van der Waals surface area contributed by atoms with Crippen molar-refractivity contribution in [3.63, 3.8) is 0 Å². The van der Waals surface area contributed by atoms with Gasteiger partial charge in [0.25, 0.3) is 0 Å². The lowest BCUT2D eigenvalue weighted by Gasteiger charge is -2.31. The molecule has 196 valence electrons. The maximum absolute atomic E-state index is 10.8. The number of aliphatic hydroxyl groups is 6. The van der Waals surface area contributed by atoms with Crippen molar-refractivity contribution in [2.45, 2.75) is 6.92 Å². The summed E-state index contributed by atoms with van der Waals surface area (Å²) in [7, 11) is -15.6. The van der Waals surface area contributed by atoms with Crippen LogP contribution in [0.5, 0.6) is 0 Å². The van der Waals surface area contributed by atoms with Crippen LogP contribution in [0, 0.1) is 10.8 Å². The molecule has 17 nitrogen and oxygen atoms in total. The SMILES string of the molecule is CCOP(=O)(O)OP(=O)(O)OP(=O)(O)O.OCC(CO)(CO)COCC(CO)(CO)CO. The van der Waals surface area contributed by atoms with E-state index in [4.69, 9.17) is 54.9 Å². The second kappa shape index (κ2) is 15.2. The number of rotatable bonds is 16. The third-order valence-electron chi connectivity index (χ3n) is 3.54. The Morgan fingerprint density at radius 2 is 0.969 bits per heavy atom. The smallest absolute Gasteiger partial charge is 0.396 e. The average molecular weight is 540 g/mol. The maximum atomic E-state index is 10.8. The molecule has 0 saturated carbocycles. The van der Waals surface area contributed by atoms with E-state index in [-0.39, 0.29) is 19.8 Å². The molecule has 0 fully saturated rings. The summed E-state index contributed by atoms with van der Waals surface area (Å²) in [5.41, 5.74) is -2.32. The van der Waals surface area contributed by atoms with E-state index < -0.39 is 73.9 Å². The summed E-state index contributed by atoms with van der Waals surface area (Å²) in [6, 6.07) is 0. The summed E-state index contributed by atoms with van der Waals surface area (Å²) < 4.78 is 47.6. The monoisotopic (exact) mass is 540 g/mol. The maximum Gasteiger partial charge on any atom is 0.490 e. The van der Waals surface area contributed by atoms with Gasteiger partial charge in [-0.25, -0.2) is 13.7 Å². The van der Waals surface area contributed by atoms with Crippen LogP contribution in [0.2, 0.25) is 0 Å². The first-order valence-electron chi connectivity index (χ1n) is 8.56. The highest BCUT2D eigenvalue weighted by molar-refractivity contribution is 7.66. The molecular formula is C12H31O17P3. The van der Waals surface area contributed by atoms with E-state index in [1.165, 1.54) is 6.92 Å². The molecule has 0 aliphatic carbocycles. The molecule has 0 aromatic carbocycles. The van der Waals surface area contributed by atoms with Gasteiger partial charge in [-0.15, -0.1) is 0 Å². The van der Waals surface area contributed by atoms with Crippen molar-refractivity contribution >= 4 is 23.5 Å². The molecule has 2 atom stereocenters. The van der Waals surface area contributed by atoms with Crippen molar-refractivity contribution in [3.8, 4) is 0 Å². The Bertz CT molecular complexity index is 606. The molecule has 0 aromatic rings. The number of phosphoric ester groups is 1. The zero-order valence-corrected chi connectivity index (χ0v) is 19.7. The van der Waals surface area contributed by atoms with E-state index in [2.05, 4.69) is 13.1 Å². The minimum atomic E-state index is -5.37. The first-order chi connectivity index (χ1) is 14.5. The lowest BCUT2D eigenvalue weighted by atomic mass is 9.91. The Balaban J connectivity index is 0. The van der Waals surface area contributed by atoms with Crippen molar-refractivity contribution in [1.82, 2.24) is 0 Å². The van der Waals surface area contributed by atoms with E-state index in [0.29, 0.717) is 0 Å². The van der Waals surface area contributed by atoms with Gasteiger partial charge in [0.2, 0.25) is 0 Å². The van der Waals surface area contributed by atoms with Crippen LogP contribution in [0.15, 0.2) is 0 Å². The average Bonchev–Trinajstić information content (AvgIpc) is 2.67. The van der Waals surface area contributed by atoms with Gasteiger partial charge in [0, 0.05) is 0 Å². The predicted molar refractivity (Wildman–Crippen MR) is 104 cm³/mol. The fraction of sp³-hybridized carbons (Fsp3) is 1.00. The topological polar surface area (TPSA) is 290 Å². The van der Waals surface area contributed by atoms with Crippen LogP contribution in [-0.4, -0.2) is 110 Å². The molecule has 2 unspecified atom stereocenters. The molecule has 0 aliphatic heterocycles. The number of ether oxygens (including phenoxy) is 1. The number of hydrogen-bond donors (Lipinski definition) is 10. The summed E-state index contributed by atoms with van der Waals surface area (Å²) in [5.74, 6) is 0. The molecule has 0 spiro atoms. The zero-order valence-electron chi connectivity index (χ0n) is 17.0. The molecule has 32 heavy (non-hydrogen) atoms. The van der Waals surface area contributed by atoms with Crippen molar-refractivity contribution in [2.75, 3.05) is 59.5 Å². The van der Waals surface area contributed by atoms with E-state index in [1.54, 1.807) is 0 Å². The van der Waals surface area contributed by atoms with Gasteiger partial charge in [0.05, 0.1) is 70.3 Å². The van der Waals surface area contributed by atoms with Gasteiger partial charge < -0.3 is 54.9 Å². The second-order valence-corrected chi connectivity index (χ2v) is 10.9. The lowest BCUT2D eigenvalue weighted by molar-refractivity contribution is -0.103. The Labute approximate surface area is 183 Å². The number of hydrogen-bond acceptors (Lipinski definition) is 13. The molecule has 0 bridgehead atoms. The van der Waals surface area contributed by atoms with Crippen LogP contribution in [0.1, 0.15) is 6.92 Å². The summed E-state index contributed by atoms with van der Waals surface area (Å²) in [6.45, 7) is -2.03. The first kappa shape index (κ1) is 34.3. The van der Waals surface area contributed by atoms with Crippen LogP contribution in [-0.2, 0) is 31.6 Å². The fourth-order valence-electron chi connectivity index (χ4n) is 1.52. The molecule has 0 aromatic heterocycles. The molecule has 0 amide bonds. The van der Waals surface area contributed by atoms with Crippen molar-refractivity contribution < 1.29 is 81.8 Å². The van der Waals surface area contributed by atoms with E-state index in [0.717, 1.165) is 0 Å². The van der Waals surface area contributed by atoms with Crippen molar-refractivity contribution in [2.24, 2.45) is 10.8 Å². The molecule has 0 radical (unpaired) electrons. The Hall–Kier alpha value is 0.130. The van der Waals surface area contributed by atoms with Gasteiger partial charge >= 0.3 is 23.5 Å². The molecule has 20 heteroatoms. The highest BCUT2D eigenvalue weighted by Crippen LogP contribution is 2.66.